The van der Waals surface area contributed by atoms with Crippen LogP contribution in [0.15, 0.2) is 35.5 Å². The van der Waals surface area contributed by atoms with Crippen molar-refractivity contribution < 1.29 is 28.6 Å². The number of hydrogen-bond acceptors (Lipinski definition) is 6. The number of fused-ring (bicyclic) bond motifs is 1. The zero-order chi connectivity index (χ0) is 18.6. The monoisotopic (exact) mass is 348 g/mol. The Bertz CT molecular complexity index is 642. The van der Waals surface area contributed by atoms with Crippen molar-refractivity contribution in [3.8, 4) is 0 Å². The van der Waals surface area contributed by atoms with E-state index in [2.05, 4.69) is 6.58 Å². The lowest BCUT2D eigenvalue weighted by molar-refractivity contribution is -0.149. The van der Waals surface area contributed by atoms with Crippen LogP contribution >= 0.6 is 0 Å². The molecule has 6 nitrogen and oxygen atoms in total. The van der Waals surface area contributed by atoms with Crippen molar-refractivity contribution in [1.29, 1.82) is 0 Å². The van der Waals surface area contributed by atoms with Gasteiger partial charge < -0.3 is 14.2 Å². The lowest BCUT2D eigenvalue weighted by atomic mass is 9.85. The molecule has 0 aromatic rings. The molecule has 25 heavy (non-hydrogen) atoms. The molecule has 136 valence electrons. The second-order valence-corrected chi connectivity index (χ2v) is 6.47. The van der Waals surface area contributed by atoms with Crippen molar-refractivity contribution >= 4 is 17.9 Å². The molecule has 1 saturated heterocycles. The number of hydrogen-bond donors (Lipinski definition) is 0. The molecule has 0 bridgehead atoms. The zero-order valence-corrected chi connectivity index (χ0v) is 14.9. The van der Waals surface area contributed by atoms with Gasteiger partial charge in [-0.05, 0) is 31.4 Å². The van der Waals surface area contributed by atoms with Crippen LogP contribution in [-0.4, -0.2) is 36.7 Å². The maximum Gasteiger partial charge on any atom is 0.334 e. The van der Waals surface area contributed by atoms with E-state index >= 15 is 0 Å². The molecule has 1 aliphatic carbocycles. The Kier molecular flexibility index (Phi) is 6.17. The first-order valence-corrected chi connectivity index (χ1v) is 8.33. The molecule has 2 aliphatic rings. The summed E-state index contributed by atoms with van der Waals surface area (Å²) in [6.07, 6.45) is 4.71. The Morgan fingerprint density at radius 3 is 2.68 bits per heavy atom. The van der Waals surface area contributed by atoms with Gasteiger partial charge in [-0.1, -0.05) is 18.2 Å². The van der Waals surface area contributed by atoms with Gasteiger partial charge in [-0.15, -0.1) is 0 Å². The normalized spacial score (nSPS) is 26.8. The zero-order valence-electron chi connectivity index (χ0n) is 14.9. The van der Waals surface area contributed by atoms with E-state index in [0.29, 0.717) is 12.0 Å². The highest BCUT2D eigenvalue weighted by Gasteiger charge is 2.44. The number of ether oxygens (including phenoxy) is 3. The molecule has 0 aromatic carbocycles. The van der Waals surface area contributed by atoms with E-state index in [1.165, 1.54) is 13.8 Å². The van der Waals surface area contributed by atoms with Crippen molar-refractivity contribution in [3.63, 3.8) is 0 Å². The molecule has 0 spiro atoms. The molecule has 6 heteroatoms. The summed E-state index contributed by atoms with van der Waals surface area (Å²) >= 11 is 0. The summed E-state index contributed by atoms with van der Waals surface area (Å²) in [4.78, 5) is 34.7. The Balaban J connectivity index is 2.35. The Morgan fingerprint density at radius 1 is 1.32 bits per heavy atom. The molecular weight excluding hydrogens is 324 g/mol. The molecule has 0 aromatic heterocycles. The number of carbonyl (C=O) groups is 3. The third kappa shape index (κ3) is 5.05. The van der Waals surface area contributed by atoms with E-state index in [1.807, 2.05) is 19.1 Å². The summed E-state index contributed by atoms with van der Waals surface area (Å²) in [6.45, 7) is 8.60. The van der Waals surface area contributed by atoms with Crippen LogP contribution in [0, 0.1) is 5.92 Å². The van der Waals surface area contributed by atoms with Gasteiger partial charge in [0.2, 0.25) is 0 Å². The number of esters is 3. The topological polar surface area (TPSA) is 78.9 Å². The van der Waals surface area contributed by atoms with E-state index in [9.17, 15) is 14.4 Å². The lowest BCUT2D eigenvalue weighted by Crippen LogP contribution is -2.33. The minimum Gasteiger partial charge on any atom is -0.461 e. The standard InChI is InChI=1S/C19H24O6/c1-11-6-5-7-15(10-23-13(3)20)9-17(24-14(4)21)18-12(2)19(22)25-16(18)8-11/h7-8,16-18H,2,5-6,9-10H2,1,3-4H3/t16-,17+,18+/m1/s1. The van der Waals surface area contributed by atoms with Crippen molar-refractivity contribution in [3.05, 3.63) is 35.5 Å². The lowest BCUT2D eigenvalue weighted by Gasteiger charge is -2.27. The van der Waals surface area contributed by atoms with Crippen LogP contribution in [-0.2, 0) is 28.6 Å². The van der Waals surface area contributed by atoms with Gasteiger partial charge in [-0.2, -0.15) is 0 Å². The van der Waals surface area contributed by atoms with Crippen molar-refractivity contribution in [2.24, 2.45) is 5.92 Å². The van der Waals surface area contributed by atoms with Gasteiger partial charge in [0.25, 0.3) is 0 Å². The van der Waals surface area contributed by atoms with Gasteiger partial charge in [0.15, 0.2) is 0 Å². The van der Waals surface area contributed by atoms with E-state index in [-0.39, 0.29) is 12.6 Å². The van der Waals surface area contributed by atoms with Crippen LogP contribution in [0.3, 0.4) is 0 Å². The van der Waals surface area contributed by atoms with E-state index in [1.54, 1.807) is 0 Å². The van der Waals surface area contributed by atoms with E-state index in [0.717, 1.165) is 24.0 Å². The highest BCUT2D eigenvalue weighted by atomic mass is 16.6. The van der Waals surface area contributed by atoms with Crippen LogP contribution in [0.5, 0.6) is 0 Å². The maximum absolute atomic E-state index is 12.0. The fourth-order valence-corrected chi connectivity index (χ4v) is 3.16. The van der Waals surface area contributed by atoms with Gasteiger partial charge >= 0.3 is 17.9 Å². The first kappa shape index (κ1) is 19.0. The number of allylic oxidation sites excluding steroid dienone is 2. The summed E-state index contributed by atoms with van der Waals surface area (Å²) in [5, 5.41) is 0. The molecule has 2 rings (SSSR count). The molecule has 0 saturated carbocycles. The summed E-state index contributed by atoms with van der Waals surface area (Å²) in [6, 6.07) is 0. The van der Waals surface area contributed by atoms with Gasteiger partial charge in [0, 0.05) is 25.8 Å². The molecule has 1 heterocycles. The fourth-order valence-electron chi connectivity index (χ4n) is 3.16. The molecule has 3 atom stereocenters. The molecule has 0 amide bonds. The first-order chi connectivity index (χ1) is 11.8. The molecule has 0 radical (unpaired) electrons. The minimum atomic E-state index is -0.606. The first-order valence-electron chi connectivity index (χ1n) is 8.33. The largest absolute Gasteiger partial charge is 0.461 e. The second kappa shape index (κ2) is 8.14. The highest BCUT2D eigenvalue weighted by molar-refractivity contribution is 5.91. The average molecular weight is 348 g/mol. The third-order valence-corrected chi connectivity index (χ3v) is 4.32. The predicted octanol–water partition coefficient (Wildman–Crippen LogP) is 2.64. The Labute approximate surface area is 147 Å². The van der Waals surface area contributed by atoms with E-state index in [4.69, 9.17) is 14.2 Å². The highest BCUT2D eigenvalue weighted by Crippen LogP contribution is 2.36. The van der Waals surface area contributed by atoms with Crippen LogP contribution in [0.1, 0.15) is 40.0 Å². The smallest absolute Gasteiger partial charge is 0.334 e. The fraction of sp³-hybridized carbons (Fsp3) is 0.526. The van der Waals surface area contributed by atoms with E-state index < -0.39 is 30.1 Å². The SMILES string of the molecule is C=C1C(=O)O[C@@H]2C=C(C)CCC=C(COC(C)=O)C[C@H](OC(C)=O)[C@@H]12. The minimum absolute atomic E-state index is 0.133. The second-order valence-electron chi connectivity index (χ2n) is 6.47. The van der Waals surface area contributed by atoms with Crippen molar-refractivity contribution in [1.82, 2.24) is 0 Å². The number of rotatable bonds is 3. The predicted molar refractivity (Wildman–Crippen MR) is 90.4 cm³/mol. The van der Waals surface area contributed by atoms with Crippen molar-refractivity contribution in [2.75, 3.05) is 6.61 Å². The average Bonchev–Trinajstić information content (AvgIpc) is 2.77. The summed E-state index contributed by atoms with van der Waals surface area (Å²) < 4.78 is 16.0. The third-order valence-electron chi connectivity index (χ3n) is 4.32. The summed E-state index contributed by atoms with van der Waals surface area (Å²) in [7, 11) is 0. The van der Waals surface area contributed by atoms with Crippen molar-refractivity contribution in [2.45, 2.75) is 52.2 Å². The molecule has 0 unspecified atom stereocenters. The summed E-state index contributed by atoms with van der Waals surface area (Å²) in [5.74, 6) is -1.74. The van der Waals surface area contributed by atoms with Gasteiger partial charge in [-0.3, -0.25) is 9.59 Å². The Morgan fingerprint density at radius 2 is 2.04 bits per heavy atom. The van der Waals surface area contributed by atoms with Crippen LogP contribution in [0.4, 0.5) is 0 Å². The summed E-state index contributed by atoms with van der Waals surface area (Å²) in [5.41, 5.74) is 2.22. The van der Waals surface area contributed by atoms with Crippen LogP contribution in [0.2, 0.25) is 0 Å². The quantitative estimate of drug-likeness (QED) is 0.338. The van der Waals surface area contributed by atoms with Gasteiger partial charge in [0.1, 0.15) is 18.8 Å². The maximum atomic E-state index is 12.0. The Hall–Kier alpha value is -2.37. The molecule has 0 N–H and O–H groups in total. The van der Waals surface area contributed by atoms with Crippen LogP contribution in [0.25, 0.3) is 0 Å². The molecular formula is C19H24O6. The van der Waals surface area contributed by atoms with Gasteiger partial charge in [-0.25, -0.2) is 4.79 Å². The van der Waals surface area contributed by atoms with Gasteiger partial charge in [0.05, 0.1) is 5.92 Å². The number of carbonyl (C=O) groups excluding carboxylic acids is 3. The molecule has 1 aliphatic heterocycles. The van der Waals surface area contributed by atoms with Crippen LogP contribution < -0.4 is 0 Å². The molecule has 1 fully saturated rings.